The second-order valence-electron chi connectivity index (χ2n) is 7.72. The van der Waals surface area contributed by atoms with Gasteiger partial charge in [-0.05, 0) is 66.2 Å². The predicted octanol–water partition coefficient (Wildman–Crippen LogP) is 2.21. The summed E-state index contributed by atoms with van der Waals surface area (Å²) in [6, 6.07) is 0.274. The number of nitrogens with two attached hydrogens (primary N) is 1. The Morgan fingerprint density at radius 3 is 1.78 bits per heavy atom. The Labute approximate surface area is 115 Å². The summed E-state index contributed by atoms with van der Waals surface area (Å²) in [6.07, 6.45) is 2.39. The summed E-state index contributed by atoms with van der Waals surface area (Å²) in [6.45, 7) is 15.5. The Balaban J connectivity index is 2.72. The van der Waals surface area contributed by atoms with Crippen LogP contribution in [0.1, 0.15) is 48.5 Å². The second-order valence-corrected chi connectivity index (χ2v) is 11.3. The van der Waals surface area contributed by atoms with Crippen molar-refractivity contribution in [1.82, 2.24) is 10.0 Å². The predicted molar refractivity (Wildman–Crippen MR) is 85.4 cm³/mol. The van der Waals surface area contributed by atoms with Gasteiger partial charge < -0.3 is 11.1 Å². The van der Waals surface area contributed by atoms with Crippen molar-refractivity contribution in [2.75, 3.05) is 17.8 Å². The Morgan fingerprint density at radius 2 is 1.44 bits per heavy atom. The maximum absolute atomic E-state index is 6.19. The monoisotopic (exact) mass is 275 g/mol. The van der Waals surface area contributed by atoms with Gasteiger partial charge in [0.15, 0.2) is 0 Å². The normalized spacial score (nSPS) is 23.6. The fraction of sp³-hybridized carbons (Fsp3) is 1.00. The van der Waals surface area contributed by atoms with Gasteiger partial charge in [-0.15, -0.1) is 0 Å². The SMILES string of the molecule is CC(NC(C)(C)C(C)(C)NS1(C)CC1)C(C)(C)N. The molecule has 0 aromatic heterocycles. The molecular formula is C14H33N3S. The minimum atomic E-state index is -0.507. The molecule has 0 aliphatic carbocycles. The molecule has 0 radical (unpaired) electrons. The maximum Gasteiger partial charge on any atom is 0.0387 e. The molecule has 1 saturated heterocycles. The molecule has 110 valence electrons. The summed E-state index contributed by atoms with van der Waals surface area (Å²) < 4.78 is 3.88. The third-order valence-corrected chi connectivity index (χ3v) is 7.21. The lowest BCUT2D eigenvalue weighted by Crippen LogP contribution is -2.67. The van der Waals surface area contributed by atoms with E-state index in [0.717, 1.165) is 0 Å². The van der Waals surface area contributed by atoms with Gasteiger partial charge in [-0.25, -0.2) is 0 Å². The summed E-state index contributed by atoms with van der Waals surface area (Å²) in [4.78, 5) is 0. The molecular weight excluding hydrogens is 242 g/mol. The number of nitrogens with one attached hydrogen (secondary N) is 2. The van der Waals surface area contributed by atoms with Crippen molar-refractivity contribution in [2.45, 2.75) is 71.1 Å². The quantitative estimate of drug-likeness (QED) is 0.652. The highest BCUT2D eigenvalue weighted by molar-refractivity contribution is 8.37. The summed E-state index contributed by atoms with van der Waals surface area (Å²) >= 11 is 0. The Morgan fingerprint density at radius 1 is 1.00 bits per heavy atom. The molecule has 1 aliphatic heterocycles. The first kappa shape index (κ1) is 16.3. The number of hydrogen-bond donors (Lipinski definition) is 3. The number of hydrogen-bond acceptors (Lipinski definition) is 3. The molecule has 0 amide bonds. The lowest BCUT2D eigenvalue weighted by Gasteiger charge is -2.48. The van der Waals surface area contributed by atoms with E-state index in [0.29, 0.717) is 0 Å². The maximum atomic E-state index is 6.19. The van der Waals surface area contributed by atoms with Crippen molar-refractivity contribution in [1.29, 1.82) is 0 Å². The highest BCUT2D eigenvalue weighted by atomic mass is 32.3. The molecule has 1 fully saturated rings. The molecule has 0 aromatic carbocycles. The average Bonchev–Trinajstić information content (AvgIpc) is 2.78. The van der Waals surface area contributed by atoms with Crippen LogP contribution in [0.25, 0.3) is 0 Å². The Kier molecular flexibility index (Phi) is 4.21. The first-order valence-electron chi connectivity index (χ1n) is 6.88. The van der Waals surface area contributed by atoms with E-state index in [4.69, 9.17) is 5.73 Å². The highest BCUT2D eigenvalue weighted by Gasteiger charge is 2.45. The van der Waals surface area contributed by atoms with Crippen LogP contribution in [0.5, 0.6) is 0 Å². The smallest absolute Gasteiger partial charge is 0.0387 e. The van der Waals surface area contributed by atoms with Gasteiger partial charge in [-0.3, -0.25) is 4.72 Å². The summed E-state index contributed by atoms with van der Waals surface area (Å²) in [5.41, 5.74) is 6.05. The zero-order chi connectivity index (χ0) is 14.4. The third kappa shape index (κ3) is 3.86. The van der Waals surface area contributed by atoms with E-state index in [9.17, 15) is 0 Å². The van der Waals surface area contributed by atoms with Gasteiger partial charge in [-0.2, -0.15) is 10.2 Å². The van der Waals surface area contributed by atoms with Crippen LogP contribution in [0.2, 0.25) is 0 Å². The Hall–Kier alpha value is 0.230. The van der Waals surface area contributed by atoms with Gasteiger partial charge >= 0.3 is 0 Å². The summed E-state index contributed by atoms with van der Waals surface area (Å²) in [5, 5.41) is 3.71. The standard InChI is InChI=1S/C14H33N3S/c1-11(12(2,3)15)16-13(4,5)14(6,7)17-18(8)9-10-18/h11,16-17H,9-10,15H2,1-8H3. The van der Waals surface area contributed by atoms with Crippen molar-refractivity contribution >= 4 is 10.2 Å². The lowest BCUT2D eigenvalue weighted by atomic mass is 9.81. The largest absolute Gasteiger partial charge is 0.324 e. The lowest BCUT2D eigenvalue weighted by molar-refractivity contribution is 0.181. The molecule has 1 aliphatic rings. The molecule has 0 saturated carbocycles. The van der Waals surface area contributed by atoms with Crippen LogP contribution in [0.15, 0.2) is 0 Å². The molecule has 1 unspecified atom stereocenters. The van der Waals surface area contributed by atoms with Crippen LogP contribution in [0.3, 0.4) is 0 Å². The second kappa shape index (κ2) is 4.65. The molecule has 0 bridgehead atoms. The average molecular weight is 276 g/mol. The topological polar surface area (TPSA) is 50.1 Å². The fourth-order valence-corrected chi connectivity index (χ4v) is 4.57. The van der Waals surface area contributed by atoms with Crippen molar-refractivity contribution in [3.05, 3.63) is 0 Å². The third-order valence-electron chi connectivity index (χ3n) is 4.57. The van der Waals surface area contributed by atoms with Crippen molar-refractivity contribution in [3.8, 4) is 0 Å². The van der Waals surface area contributed by atoms with Gasteiger partial charge in [0.25, 0.3) is 0 Å². The minimum Gasteiger partial charge on any atom is -0.324 e. The van der Waals surface area contributed by atoms with Crippen LogP contribution < -0.4 is 15.8 Å². The molecule has 4 heteroatoms. The van der Waals surface area contributed by atoms with Gasteiger partial charge in [0.1, 0.15) is 0 Å². The van der Waals surface area contributed by atoms with Gasteiger partial charge in [0, 0.05) is 22.7 Å². The van der Waals surface area contributed by atoms with Crippen LogP contribution in [-0.2, 0) is 0 Å². The zero-order valence-corrected chi connectivity index (χ0v) is 14.3. The Bertz CT molecular complexity index is 301. The van der Waals surface area contributed by atoms with Crippen molar-refractivity contribution < 1.29 is 0 Å². The molecule has 0 spiro atoms. The van der Waals surface area contributed by atoms with Crippen LogP contribution in [-0.4, -0.2) is 40.4 Å². The van der Waals surface area contributed by atoms with E-state index >= 15 is 0 Å². The summed E-state index contributed by atoms with van der Waals surface area (Å²) in [7, 11) is -0.507. The van der Waals surface area contributed by atoms with Gasteiger partial charge in [0.2, 0.25) is 0 Å². The molecule has 0 aromatic rings. The van der Waals surface area contributed by atoms with Gasteiger partial charge in [-0.1, -0.05) is 0 Å². The first-order valence-corrected chi connectivity index (χ1v) is 9.26. The van der Waals surface area contributed by atoms with E-state index in [2.05, 4.69) is 64.8 Å². The van der Waals surface area contributed by atoms with Crippen molar-refractivity contribution in [2.24, 2.45) is 5.73 Å². The van der Waals surface area contributed by atoms with Crippen LogP contribution >= 0.6 is 10.2 Å². The molecule has 1 atom stereocenters. The molecule has 1 rings (SSSR count). The molecule has 1 heterocycles. The van der Waals surface area contributed by atoms with E-state index in [1.54, 1.807) is 0 Å². The van der Waals surface area contributed by atoms with E-state index in [-0.39, 0.29) is 22.7 Å². The fourth-order valence-electron chi connectivity index (χ4n) is 1.88. The minimum absolute atomic E-state index is 0.00164. The zero-order valence-electron chi connectivity index (χ0n) is 13.5. The molecule has 3 nitrogen and oxygen atoms in total. The van der Waals surface area contributed by atoms with E-state index < -0.39 is 10.2 Å². The van der Waals surface area contributed by atoms with E-state index in [1.165, 1.54) is 11.5 Å². The highest BCUT2D eigenvalue weighted by Crippen LogP contribution is 2.56. The summed E-state index contributed by atoms with van der Waals surface area (Å²) in [5.74, 6) is 2.73. The van der Waals surface area contributed by atoms with Gasteiger partial charge in [0.05, 0.1) is 0 Å². The van der Waals surface area contributed by atoms with Crippen LogP contribution in [0.4, 0.5) is 0 Å². The number of rotatable bonds is 6. The first-order chi connectivity index (χ1) is 7.79. The van der Waals surface area contributed by atoms with E-state index in [1.807, 2.05) is 0 Å². The van der Waals surface area contributed by atoms with Crippen LogP contribution in [0, 0.1) is 0 Å². The molecule has 4 N–H and O–H groups in total. The molecule has 18 heavy (non-hydrogen) atoms. The van der Waals surface area contributed by atoms with Crippen molar-refractivity contribution in [3.63, 3.8) is 0 Å².